The van der Waals surface area contributed by atoms with E-state index < -0.39 is 0 Å². The first-order valence-corrected chi connectivity index (χ1v) is 11.5. The van der Waals surface area contributed by atoms with E-state index in [0.717, 1.165) is 19.5 Å². The summed E-state index contributed by atoms with van der Waals surface area (Å²) in [6.45, 7) is 2.27. The summed E-state index contributed by atoms with van der Waals surface area (Å²) in [5.41, 5.74) is 3.99. The standard InChI is InChI=1S/C23H22Cl2N2O2S/c24-19-5-6-22(20(25)11-19)29-14-23(28)26-12-21(18-8-10-30-15-18)27-9-7-16-3-1-2-4-17(16)13-27/h1-6,8,10-11,15,21H,7,9,12-14H2,(H,26,28). The highest BCUT2D eigenvalue weighted by molar-refractivity contribution is 7.08. The van der Waals surface area contributed by atoms with Crippen molar-refractivity contribution < 1.29 is 9.53 Å². The largest absolute Gasteiger partial charge is 0.482 e. The molecule has 4 nitrogen and oxygen atoms in total. The molecule has 4 rings (SSSR count). The summed E-state index contributed by atoms with van der Waals surface area (Å²) >= 11 is 13.7. The van der Waals surface area contributed by atoms with Gasteiger partial charge in [0.25, 0.3) is 5.91 Å². The minimum Gasteiger partial charge on any atom is -0.482 e. The molecule has 0 aliphatic carbocycles. The molecule has 3 aromatic rings. The Morgan fingerprint density at radius 1 is 1.17 bits per heavy atom. The molecule has 0 saturated carbocycles. The van der Waals surface area contributed by atoms with E-state index in [1.54, 1.807) is 29.5 Å². The average molecular weight is 461 g/mol. The van der Waals surface area contributed by atoms with Crippen molar-refractivity contribution in [2.24, 2.45) is 0 Å². The van der Waals surface area contributed by atoms with Crippen LogP contribution in [0.25, 0.3) is 0 Å². The van der Waals surface area contributed by atoms with Crippen molar-refractivity contribution in [2.45, 2.75) is 19.0 Å². The van der Waals surface area contributed by atoms with Crippen LogP contribution in [-0.4, -0.2) is 30.5 Å². The number of carbonyl (C=O) groups excluding carboxylic acids is 1. The van der Waals surface area contributed by atoms with Gasteiger partial charge in [-0.1, -0.05) is 47.5 Å². The van der Waals surface area contributed by atoms with E-state index in [0.29, 0.717) is 22.3 Å². The number of benzene rings is 2. The molecule has 2 heterocycles. The van der Waals surface area contributed by atoms with Crippen molar-refractivity contribution >= 4 is 40.4 Å². The number of nitrogens with zero attached hydrogens (tertiary/aromatic N) is 1. The maximum Gasteiger partial charge on any atom is 0.258 e. The minimum atomic E-state index is -0.182. The third kappa shape index (κ3) is 5.16. The Bertz CT molecular complexity index is 1010. The predicted molar refractivity (Wildman–Crippen MR) is 123 cm³/mol. The number of fused-ring (bicyclic) bond motifs is 1. The molecule has 1 aliphatic rings. The molecule has 1 aliphatic heterocycles. The Morgan fingerprint density at radius 2 is 2.00 bits per heavy atom. The van der Waals surface area contributed by atoms with Crippen molar-refractivity contribution in [3.63, 3.8) is 0 Å². The van der Waals surface area contributed by atoms with Crippen LogP contribution in [0.2, 0.25) is 10.0 Å². The van der Waals surface area contributed by atoms with Gasteiger partial charge in [-0.25, -0.2) is 0 Å². The van der Waals surface area contributed by atoms with Crippen molar-refractivity contribution in [1.29, 1.82) is 0 Å². The van der Waals surface area contributed by atoms with Gasteiger partial charge in [-0.3, -0.25) is 9.69 Å². The van der Waals surface area contributed by atoms with Crippen LogP contribution >= 0.6 is 34.5 Å². The zero-order valence-electron chi connectivity index (χ0n) is 16.3. The Hall–Kier alpha value is -2.05. The van der Waals surface area contributed by atoms with Gasteiger partial charge in [-0.2, -0.15) is 11.3 Å². The Balaban J connectivity index is 1.38. The van der Waals surface area contributed by atoms with E-state index in [1.165, 1.54) is 16.7 Å². The number of carbonyl (C=O) groups is 1. The number of amides is 1. The second kappa shape index (κ2) is 9.84. The first-order valence-electron chi connectivity index (χ1n) is 9.77. The molecule has 1 atom stereocenters. The number of hydrogen-bond donors (Lipinski definition) is 1. The fourth-order valence-electron chi connectivity index (χ4n) is 3.70. The van der Waals surface area contributed by atoms with Crippen LogP contribution in [0.1, 0.15) is 22.7 Å². The summed E-state index contributed by atoms with van der Waals surface area (Å²) in [5.74, 6) is 0.261. The molecule has 2 aromatic carbocycles. The summed E-state index contributed by atoms with van der Waals surface area (Å²) in [6.07, 6.45) is 1.02. The molecular formula is C23H22Cl2N2O2S. The average Bonchev–Trinajstić information content (AvgIpc) is 3.28. The third-order valence-electron chi connectivity index (χ3n) is 5.27. The molecule has 30 heavy (non-hydrogen) atoms. The fraction of sp³-hybridized carbons (Fsp3) is 0.261. The van der Waals surface area contributed by atoms with Gasteiger partial charge < -0.3 is 10.1 Å². The smallest absolute Gasteiger partial charge is 0.258 e. The van der Waals surface area contributed by atoms with Crippen molar-refractivity contribution in [2.75, 3.05) is 19.7 Å². The summed E-state index contributed by atoms with van der Waals surface area (Å²) < 4.78 is 5.55. The quantitative estimate of drug-likeness (QED) is 0.516. The van der Waals surface area contributed by atoms with Gasteiger partial charge in [0.05, 0.1) is 11.1 Å². The topological polar surface area (TPSA) is 41.6 Å². The van der Waals surface area contributed by atoms with Gasteiger partial charge in [-0.15, -0.1) is 0 Å². The molecule has 0 fully saturated rings. The molecule has 1 amide bonds. The summed E-state index contributed by atoms with van der Waals surface area (Å²) in [4.78, 5) is 14.9. The molecular weight excluding hydrogens is 439 g/mol. The van der Waals surface area contributed by atoms with Crippen molar-refractivity contribution in [3.05, 3.63) is 86.0 Å². The normalized spacial score (nSPS) is 14.7. The van der Waals surface area contributed by atoms with E-state index in [4.69, 9.17) is 27.9 Å². The molecule has 0 bridgehead atoms. The van der Waals surface area contributed by atoms with Crippen molar-refractivity contribution in [1.82, 2.24) is 10.2 Å². The zero-order chi connectivity index (χ0) is 20.9. The van der Waals surface area contributed by atoms with E-state index >= 15 is 0 Å². The van der Waals surface area contributed by atoms with Crippen LogP contribution in [-0.2, 0) is 17.8 Å². The molecule has 1 unspecified atom stereocenters. The molecule has 7 heteroatoms. The second-order valence-corrected chi connectivity index (χ2v) is 8.85. The highest BCUT2D eigenvalue weighted by atomic mass is 35.5. The number of rotatable bonds is 7. The van der Waals surface area contributed by atoms with Gasteiger partial charge in [0.15, 0.2) is 6.61 Å². The maximum absolute atomic E-state index is 12.4. The molecule has 0 radical (unpaired) electrons. The molecule has 0 saturated heterocycles. The van der Waals surface area contributed by atoms with Crippen LogP contribution in [0.3, 0.4) is 0 Å². The van der Waals surface area contributed by atoms with Gasteiger partial charge in [-0.05, 0) is 58.1 Å². The molecule has 1 aromatic heterocycles. The summed E-state index contributed by atoms with van der Waals surface area (Å²) in [7, 11) is 0. The van der Waals surface area contributed by atoms with Crippen LogP contribution in [0.15, 0.2) is 59.3 Å². The van der Waals surface area contributed by atoms with Gasteiger partial charge in [0, 0.05) is 24.7 Å². The second-order valence-electron chi connectivity index (χ2n) is 7.23. The lowest BCUT2D eigenvalue weighted by atomic mass is 9.97. The summed E-state index contributed by atoms with van der Waals surface area (Å²) in [6, 6.07) is 15.8. The third-order valence-corrected chi connectivity index (χ3v) is 6.51. The summed E-state index contributed by atoms with van der Waals surface area (Å²) in [5, 5.41) is 8.17. The maximum atomic E-state index is 12.4. The minimum absolute atomic E-state index is 0.0967. The van der Waals surface area contributed by atoms with Crippen molar-refractivity contribution in [3.8, 4) is 5.75 Å². The fourth-order valence-corrected chi connectivity index (χ4v) is 4.87. The Labute approximate surface area is 190 Å². The first kappa shape index (κ1) is 21.2. The van der Waals surface area contributed by atoms with E-state index in [1.807, 2.05) is 0 Å². The zero-order valence-corrected chi connectivity index (χ0v) is 18.6. The monoisotopic (exact) mass is 460 g/mol. The number of thiophene rings is 1. The Kier molecular flexibility index (Phi) is 6.95. The molecule has 0 spiro atoms. The lowest BCUT2D eigenvalue weighted by molar-refractivity contribution is -0.123. The SMILES string of the molecule is O=C(COc1ccc(Cl)cc1Cl)NCC(c1ccsc1)N1CCc2ccccc2C1. The van der Waals surface area contributed by atoms with Crippen LogP contribution in [0, 0.1) is 0 Å². The molecule has 1 N–H and O–H groups in total. The van der Waals surface area contributed by atoms with Gasteiger partial charge in [0.1, 0.15) is 5.75 Å². The molecule has 156 valence electrons. The van der Waals surface area contributed by atoms with E-state index in [9.17, 15) is 4.79 Å². The van der Waals surface area contributed by atoms with E-state index in [-0.39, 0.29) is 18.6 Å². The Morgan fingerprint density at radius 3 is 2.77 bits per heavy atom. The number of hydrogen-bond acceptors (Lipinski definition) is 4. The van der Waals surface area contributed by atoms with Crippen LogP contribution in [0.5, 0.6) is 5.75 Å². The van der Waals surface area contributed by atoms with E-state index in [2.05, 4.69) is 51.3 Å². The highest BCUT2D eigenvalue weighted by Gasteiger charge is 2.25. The number of nitrogens with one attached hydrogen (secondary N) is 1. The lowest BCUT2D eigenvalue weighted by Gasteiger charge is -2.35. The predicted octanol–water partition coefficient (Wildman–Crippen LogP) is 5.35. The lowest BCUT2D eigenvalue weighted by Crippen LogP contribution is -2.41. The first-order chi connectivity index (χ1) is 14.6. The van der Waals surface area contributed by atoms with Gasteiger partial charge in [0.2, 0.25) is 0 Å². The van der Waals surface area contributed by atoms with Gasteiger partial charge >= 0.3 is 0 Å². The number of halogens is 2. The number of ether oxygens (including phenoxy) is 1. The van der Waals surface area contributed by atoms with Crippen LogP contribution in [0.4, 0.5) is 0 Å². The highest BCUT2D eigenvalue weighted by Crippen LogP contribution is 2.29. The van der Waals surface area contributed by atoms with Crippen LogP contribution < -0.4 is 10.1 Å².